The highest BCUT2D eigenvalue weighted by atomic mass is 16.5. The number of methoxy groups -OCH3 is 1. The van der Waals surface area contributed by atoms with Crippen LogP contribution in [0.5, 0.6) is 5.75 Å². The number of aliphatic hydroxyl groups is 1. The fraction of sp³-hybridized carbons (Fsp3) is 0.550. The molecule has 130 valence electrons. The van der Waals surface area contributed by atoms with E-state index in [-0.39, 0.29) is 5.92 Å². The van der Waals surface area contributed by atoms with Crippen LogP contribution in [0.3, 0.4) is 0 Å². The minimum absolute atomic E-state index is 0.290. The highest BCUT2D eigenvalue weighted by Crippen LogP contribution is 2.37. The fourth-order valence-electron chi connectivity index (χ4n) is 3.65. The van der Waals surface area contributed by atoms with Crippen LogP contribution >= 0.6 is 0 Å². The van der Waals surface area contributed by atoms with Gasteiger partial charge >= 0.3 is 0 Å². The van der Waals surface area contributed by atoms with Crippen molar-refractivity contribution in [2.45, 2.75) is 58.0 Å². The third-order valence-electron chi connectivity index (χ3n) is 5.07. The van der Waals surface area contributed by atoms with Crippen LogP contribution in [-0.2, 0) is 0 Å². The van der Waals surface area contributed by atoms with Gasteiger partial charge in [0.25, 0.3) is 0 Å². The summed E-state index contributed by atoms with van der Waals surface area (Å²) in [5.41, 5.74) is 2.98. The van der Waals surface area contributed by atoms with Gasteiger partial charge < -0.3 is 9.84 Å². The van der Waals surface area contributed by atoms with Crippen LogP contribution in [0.15, 0.2) is 30.5 Å². The molecule has 1 N–H and O–H groups in total. The molecule has 1 fully saturated rings. The highest BCUT2D eigenvalue weighted by molar-refractivity contribution is 5.38. The summed E-state index contributed by atoms with van der Waals surface area (Å²) in [7, 11) is 1.67. The second-order valence-corrected chi connectivity index (χ2v) is 7.11. The van der Waals surface area contributed by atoms with Gasteiger partial charge in [0, 0.05) is 11.8 Å². The summed E-state index contributed by atoms with van der Waals surface area (Å²) in [6, 6.07) is 7.85. The number of aliphatic hydroxyl groups excluding tert-OH is 1. The summed E-state index contributed by atoms with van der Waals surface area (Å²) in [6.45, 7) is 4.27. The number of nitrogens with zero attached hydrogens (tertiary/aromatic N) is 2. The molecule has 4 heteroatoms. The largest absolute Gasteiger partial charge is 0.497 e. The molecule has 1 atom stereocenters. The molecule has 24 heavy (non-hydrogen) atoms. The predicted octanol–water partition coefficient (Wildman–Crippen LogP) is 4.62. The van der Waals surface area contributed by atoms with E-state index in [9.17, 15) is 5.11 Å². The number of hydrogen-bond acceptors (Lipinski definition) is 3. The van der Waals surface area contributed by atoms with Gasteiger partial charge in [-0.25, -0.2) is 4.68 Å². The van der Waals surface area contributed by atoms with Gasteiger partial charge in [-0.3, -0.25) is 0 Å². The molecule has 1 aromatic carbocycles. The second kappa shape index (κ2) is 7.39. The van der Waals surface area contributed by atoms with E-state index >= 15 is 0 Å². The molecule has 0 aliphatic heterocycles. The molecule has 0 amide bonds. The molecular weight excluding hydrogens is 300 g/mol. The lowest BCUT2D eigenvalue weighted by molar-refractivity contribution is 0.0838. The van der Waals surface area contributed by atoms with E-state index in [1.54, 1.807) is 7.11 Å². The minimum atomic E-state index is -0.408. The van der Waals surface area contributed by atoms with Crippen LogP contribution in [0.1, 0.15) is 69.2 Å². The molecule has 1 aromatic heterocycles. The van der Waals surface area contributed by atoms with Crippen molar-refractivity contribution in [3.05, 3.63) is 41.7 Å². The van der Waals surface area contributed by atoms with Crippen LogP contribution in [0, 0.1) is 5.92 Å². The van der Waals surface area contributed by atoms with Crippen molar-refractivity contribution in [2.24, 2.45) is 5.92 Å². The summed E-state index contributed by atoms with van der Waals surface area (Å²) >= 11 is 0. The van der Waals surface area contributed by atoms with Crippen LogP contribution in [0.2, 0.25) is 0 Å². The molecule has 1 unspecified atom stereocenters. The lowest BCUT2D eigenvalue weighted by Gasteiger charge is -2.26. The third-order valence-corrected chi connectivity index (χ3v) is 5.07. The Morgan fingerprint density at radius 3 is 2.38 bits per heavy atom. The van der Waals surface area contributed by atoms with Crippen LogP contribution < -0.4 is 4.74 Å². The normalized spacial score (nSPS) is 17.2. The second-order valence-electron chi connectivity index (χ2n) is 7.11. The molecular formula is C20H28N2O2. The Morgan fingerprint density at radius 2 is 1.79 bits per heavy atom. The maximum atomic E-state index is 10.9. The van der Waals surface area contributed by atoms with E-state index < -0.39 is 6.10 Å². The number of ether oxygens (including phenoxy) is 1. The van der Waals surface area contributed by atoms with Crippen molar-refractivity contribution in [1.82, 2.24) is 9.78 Å². The van der Waals surface area contributed by atoms with Crippen molar-refractivity contribution < 1.29 is 9.84 Å². The first-order chi connectivity index (χ1) is 11.6. The summed E-state index contributed by atoms with van der Waals surface area (Å²) in [5.74, 6) is 1.49. The van der Waals surface area contributed by atoms with E-state index in [4.69, 9.17) is 9.84 Å². The fourth-order valence-corrected chi connectivity index (χ4v) is 3.65. The average molecular weight is 328 g/mol. The van der Waals surface area contributed by atoms with Crippen LogP contribution in [0.4, 0.5) is 0 Å². The van der Waals surface area contributed by atoms with Crippen LogP contribution in [-0.4, -0.2) is 22.0 Å². The topological polar surface area (TPSA) is 47.3 Å². The van der Waals surface area contributed by atoms with E-state index in [0.29, 0.717) is 5.92 Å². The first-order valence-electron chi connectivity index (χ1n) is 9.02. The van der Waals surface area contributed by atoms with Gasteiger partial charge in [-0.15, -0.1) is 0 Å². The summed E-state index contributed by atoms with van der Waals surface area (Å²) < 4.78 is 7.11. The van der Waals surface area contributed by atoms with E-state index in [2.05, 4.69) is 13.8 Å². The lowest BCUT2D eigenvalue weighted by Crippen LogP contribution is -2.17. The molecule has 0 saturated heterocycles. The Bertz CT molecular complexity index is 655. The third kappa shape index (κ3) is 3.48. The summed E-state index contributed by atoms with van der Waals surface area (Å²) in [6.07, 6.45) is 7.59. The summed E-state index contributed by atoms with van der Waals surface area (Å²) in [5, 5.41) is 15.7. The number of benzene rings is 1. The molecule has 0 bridgehead atoms. The molecule has 1 aliphatic rings. The molecule has 0 spiro atoms. The van der Waals surface area contributed by atoms with E-state index in [1.807, 2.05) is 35.1 Å². The standard InChI is InChI=1S/C20H28N2O2/c1-14(2)19-18(20(23)15-7-5-4-6-8-15)13-22(21-19)16-9-11-17(24-3)12-10-16/h9-15,20,23H,4-8H2,1-3H3. The number of hydrogen-bond donors (Lipinski definition) is 1. The Morgan fingerprint density at radius 1 is 1.12 bits per heavy atom. The minimum Gasteiger partial charge on any atom is -0.497 e. The zero-order valence-corrected chi connectivity index (χ0v) is 14.9. The predicted molar refractivity (Wildman–Crippen MR) is 95.7 cm³/mol. The smallest absolute Gasteiger partial charge is 0.119 e. The Balaban J connectivity index is 1.91. The van der Waals surface area contributed by atoms with Gasteiger partial charge in [0.05, 0.1) is 24.6 Å². The molecule has 0 radical (unpaired) electrons. The highest BCUT2D eigenvalue weighted by Gasteiger charge is 2.27. The average Bonchev–Trinajstić information content (AvgIpc) is 3.07. The quantitative estimate of drug-likeness (QED) is 0.871. The van der Waals surface area contributed by atoms with Gasteiger partial charge in [-0.1, -0.05) is 33.1 Å². The number of aromatic nitrogens is 2. The molecule has 3 rings (SSSR count). The van der Waals surface area contributed by atoms with E-state index in [1.165, 1.54) is 19.3 Å². The SMILES string of the molecule is COc1ccc(-n2cc(C(O)C3CCCCC3)c(C(C)C)n2)cc1. The van der Waals surface area contributed by atoms with Crippen molar-refractivity contribution in [1.29, 1.82) is 0 Å². The van der Waals surface area contributed by atoms with Crippen molar-refractivity contribution in [3.8, 4) is 11.4 Å². The zero-order chi connectivity index (χ0) is 17.1. The molecule has 1 heterocycles. The molecule has 2 aromatic rings. The van der Waals surface area contributed by atoms with E-state index in [0.717, 1.165) is 35.5 Å². The van der Waals surface area contributed by atoms with Gasteiger partial charge in [0.15, 0.2) is 0 Å². The Labute approximate surface area is 144 Å². The first-order valence-corrected chi connectivity index (χ1v) is 9.02. The molecule has 1 aliphatic carbocycles. The maximum Gasteiger partial charge on any atom is 0.119 e. The molecule has 4 nitrogen and oxygen atoms in total. The maximum absolute atomic E-state index is 10.9. The van der Waals surface area contributed by atoms with Gasteiger partial charge in [0.1, 0.15) is 5.75 Å². The van der Waals surface area contributed by atoms with Gasteiger partial charge in [-0.05, 0) is 48.9 Å². The molecule has 1 saturated carbocycles. The first kappa shape index (κ1) is 17.0. The van der Waals surface area contributed by atoms with Gasteiger partial charge in [0.2, 0.25) is 0 Å². The lowest BCUT2D eigenvalue weighted by atomic mass is 9.82. The zero-order valence-electron chi connectivity index (χ0n) is 14.9. The Kier molecular flexibility index (Phi) is 5.24. The van der Waals surface area contributed by atoms with Crippen molar-refractivity contribution in [2.75, 3.05) is 7.11 Å². The monoisotopic (exact) mass is 328 g/mol. The van der Waals surface area contributed by atoms with Gasteiger partial charge in [-0.2, -0.15) is 5.10 Å². The number of rotatable bonds is 5. The summed E-state index contributed by atoms with van der Waals surface area (Å²) in [4.78, 5) is 0. The van der Waals surface area contributed by atoms with Crippen LogP contribution in [0.25, 0.3) is 5.69 Å². The van der Waals surface area contributed by atoms with Crippen molar-refractivity contribution >= 4 is 0 Å². The van der Waals surface area contributed by atoms with Crippen molar-refractivity contribution in [3.63, 3.8) is 0 Å². The Hall–Kier alpha value is -1.81.